The molecule has 3 aromatic rings. The fraction of sp³-hybridized carbons (Fsp3) is 0. The topological polar surface area (TPSA) is 30.7 Å². The van der Waals surface area contributed by atoms with Crippen LogP contribution in [0.15, 0.2) is 36.9 Å². The second kappa shape index (κ2) is 2.51. The third-order valence-corrected chi connectivity index (χ3v) is 2.31. The van der Waals surface area contributed by atoms with Crippen molar-refractivity contribution in [3.8, 4) is 0 Å². The van der Waals surface area contributed by atoms with E-state index in [0.29, 0.717) is 15.8 Å². The molecule has 4 heteroatoms. The third-order valence-electron chi connectivity index (χ3n) is 2.31. The summed E-state index contributed by atoms with van der Waals surface area (Å²) >= 11 is 0. The number of hydrogen-bond acceptors (Lipinski definition) is 2. The fourth-order valence-electron chi connectivity index (χ4n) is 1.66. The zero-order valence-corrected chi connectivity index (χ0v) is 7.18. The first-order valence-corrected chi connectivity index (χ1v) is 4.22. The Hall–Kier alpha value is -1.97. The highest BCUT2D eigenvalue weighted by Gasteiger charge is 2.08. The first kappa shape index (κ1) is 7.44. The predicted molar refractivity (Wildman–Crippen MR) is 51.5 cm³/mol. The van der Waals surface area contributed by atoms with Crippen LogP contribution in [-0.4, -0.2) is 14.8 Å². The summed E-state index contributed by atoms with van der Waals surface area (Å²) in [6, 6.07) is 3.30. The second-order valence-corrected chi connectivity index (χ2v) is 3.07. The van der Waals surface area contributed by atoms with Gasteiger partial charge in [-0.05, 0) is 12.1 Å². The third kappa shape index (κ3) is 0.797. The number of nitrogens with zero attached hydrogens (tertiary/aromatic N) is 3. The van der Waals surface area contributed by atoms with Crippen molar-refractivity contribution in [3.63, 3.8) is 0 Å². The van der Waals surface area contributed by atoms with Crippen LogP contribution >= 0.6 is 0 Å². The largest absolute Gasteiger partial charge is 0.264 e. The van der Waals surface area contributed by atoms with Gasteiger partial charge in [-0.2, -0.15) is 4.79 Å². The number of fused-ring (bicyclic) bond motifs is 3. The van der Waals surface area contributed by atoms with Crippen LogP contribution in [0.5, 0.6) is 0 Å². The fourth-order valence-corrected chi connectivity index (χ4v) is 1.66. The van der Waals surface area contributed by atoms with E-state index in [9.17, 15) is 4.48 Å². The lowest BCUT2D eigenvalue weighted by Gasteiger charge is -1.89. The lowest BCUT2D eigenvalue weighted by Crippen LogP contribution is -1.80. The highest BCUT2D eigenvalue weighted by molar-refractivity contribution is 6.06. The van der Waals surface area contributed by atoms with Gasteiger partial charge in [0.15, 0.2) is 0 Å². The van der Waals surface area contributed by atoms with Crippen molar-refractivity contribution in [1.29, 1.82) is 0 Å². The summed E-state index contributed by atoms with van der Waals surface area (Å²) in [7, 11) is 0. The average molecular weight is 187 g/mol. The highest BCUT2D eigenvalue weighted by Crippen LogP contribution is 2.26. The van der Waals surface area contributed by atoms with E-state index in [1.54, 1.807) is 36.9 Å². The van der Waals surface area contributed by atoms with E-state index >= 15 is 0 Å². The molecule has 0 unspecified atom stereocenters. The van der Waals surface area contributed by atoms with Gasteiger partial charge in [-0.15, -0.1) is 0 Å². The van der Waals surface area contributed by atoms with E-state index in [0.717, 1.165) is 10.8 Å². The van der Waals surface area contributed by atoms with Gasteiger partial charge in [-0.25, -0.2) is 0 Å². The van der Waals surface area contributed by atoms with Crippen LogP contribution in [0.2, 0.25) is 0 Å². The van der Waals surface area contributed by atoms with Gasteiger partial charge in [0.2, 0.25) is 0 Å². The molecule has 0 saturated carbocycles. The molecule has 0 radical (unpaired) electrons. The van der Waals surface area contributed by atoms with E-state index in [1.165, 1.54) is 0 Å². The molecule has 0 saturated heterocycles. The van der Waals surface area contributed by atoms with Crippen molar-refractivity contribution in [2.75, 3.05) is 0 Å². The van der Waals surface area contributed by atoms with Crippen molar-refractivity contribution >= 4 is 21.8 Å². The first-order valence-electron chi connectivity index (χ1n) is 4.22. The molecular weight excluding hydrogens is 181 g/mol. The minimum Gasteiger partial charge on any atom is -0.264 e. The molecular formula is C10H6FN3. The van der Waals surface area contributed by atoms with Crippen LogP contribution in [0.4, 0.5) is 4.48 Å². The maximum absolute atomic E-state index is 13.7. The summed E-state index contributed by atoms with van der Waals surface area (Å²) in [5, 5.41) is 1.58. The molecule has 14 heavy (non-hydrogen) atoms. The Labute approximate surface area is 78.8 Å². The van der Waals surface area contributed by atoms with Gasteiger partial charge >= 0.3 is 0 Å². The summed E-state index contributed by atoms with van der Waals surface area (Å²) in [6.07, 6.45) is 6.44. The Morgan fingerprint density at radius 3 is 1.93 bits per heavy atom. The van der Waals surface area contributed by atoms with E-state index in [2.05, 4.69) is 9.97 Å². The minimum absolute atomic E-state index is 0.531. The van der Waals surface area contributed by atoms with Gasteiger partial charge in [0, 0.05) is 35.6 Å². The lowest BCUT2D eigenvalue weighted by atomic mass is 10.2. The molecule has 0 aliphatic heterocycles. The molecule has 0 N–H and O–H groups in total. The van der Waals surface area contributed by atoms with E-state index in [4.69, 9.17) is 0 Å². The van der Waals surface area contributed by atoms with Gasteiger partial charge < -0.3 is 0 Å². The molecule has 0 amide bonds. The van der Waals surface area contributed by atoms with Crippen LogP contribution in [0.25, 0.3) is 21.8 Å². The van der Waals surface area contributed by atoms with Gasteiger partial charge in [0.25, 0.3) is 0 Å². The zero-order chi connectivity index (χ0) is 9.54. The Balaban J connectivity index is 2.69. The zero-order valence-electron chi connectivity index (χ0n) is 7.18. The maximum atomic E-state index is 13.7. The van der Waals surface area contributed by atoms with E-state index in [-0.39, 0.29) is 0 Å². The number of hydrogen-bond donors (Lipinski definition) is 0. The number of rotatable bonds is 0. The van der Waals surface area contributed by atoms with Crippen LogP contribution in [0.3, 0.4) is 0 Å². The molecule has 0 aromatic carbocycles. The molecule has 3 nitrogen and oxygen atoms in total. The summed E-state index contributed by atoms with van der Waals surface area (Å²) in [5.41, 5.74) is 1.06. The average Bonchev–Trinajstić information content (AvgIpc) is 2.55. The van der Waals surface area contributed by atoms with E-state index < -0.39 is 0 Å². The van der Waals surface area contributed by atoms with Gasteiger partial charge in [-0.3, -0.25) is 9.97 Å². The first-order chi connectivity index (χ1) is 6.88. The molecule has 0 bridgehead atoms. The predicted octanol–water partition coefficient (Wildman–Crippen LogP) is 2.32. The van der Waals surface area contributed by atoms with Crippen LogP contribution in [0.1, 0.15) is 0 Å². The van der Waals surface area contributed by atoms with Crippen molar-refractivity contribution < 1.29 is 4.48 Å². The van der Waals surface area contributed by atoms with Crippen LogP contribution in [0, 0.1) is 0 Å². The molecule has 3 heterocycles. The number of aromatic nitrogens is 3. The molecule has 3 rings (SSSR count). The monoisotopic (exact) mass is 187 g/mol. The lowest BCUT2D eigenvalue weighted by molar-refractivity contribution is 0.405. The van der Waals surface area contributed by atoms with Crippen molar-refractivity contribution in [2.24, 2.45) is 0 Å². The number of pyridine rings is 2. The van der Waals surface area contributed by atoms with Gasteiger partial charge in [0.05, 0.1) is 11.0 Å². The molecule has 0 atom stereocenters. The molecule has 68 valence electrons. The van der Waals surface area contributed by atoms with Crippen molar-refractivity contribution in [3.05, 3.63) is 36.9 Å². The quantitative estimate of drug-likeness (QED) is 0.540. The summed E-state index contributed by atoms with van der Waals surface area (Å²) < 4.78 is 13.7. The Morgan fingerprint density at radius 2 is 1.43 bits per heavy atom. The van der Waals surface area contributed by atoms with Crippen LogP contribution in [-0.2, 0) is 0 Å². The van der Waals surface area contributed by atoms with E-state index in [1.807, 2.05) is 0 Å². The molecule has 0 spiro atoms. The van der Waals surface area contributed by atoms with Crippen LogP contribution < -0.4 is 0 Å². The van der Waals surface area contributed by atoms with Gasteiger partial charge in [-0.1, -0.05) is 4.48 Å². The van der Waals surface area contributed by atoms with Crippen molar-refractivity contribution in [2.45, 2.75) is 0 Å². The molecule has 0 fully saturated rings. The molecule has 3 aromatic heterocycles. The summed E-state index contributed by atoms with van der Waals surface area (Å²) in [6.45, 7) is 0. The maximum Gasteiger partial charge on any atom is 0.0857 e. The highest BCUT2D eigenvalue weighted by atomic mass is 19.2. The standard InChI is InChI=1S/C10H6FN3/c11-14-9-1-3-12-5-7(9)8-6-13-4-2-10(8)14/h1-6H. The number of halogens is 1. The molecule has 0 aliphatic rings. The Morgan fingerprint density at radius 1 is 0.929 bits per heavy atom. The SMILES string of the molecule is Fn1c2ccncc2c2cnccc21. The summed E-state index contributed by atoms with van der Waals surface area (Å²) in [5.74, 6) is 0. The smallest absolute Gasteiger partial charge is 0.0857 e. The van der Waals surface area contributed by atoms with Gasteiger partial charge in [0.1, 0.15) is 0 Å². The van der Waals surface area contributed by atoms with Crippen molar-refractivity contribution in [1.82, 2.24) is 14.8 Å². The normalized spacial score (nSPS) is 11.2. The summed E-state index contributed by atoms with van der Waals surface area (Å²) in [4.78, 5) is 8.60. The second-order valence-electron chi connectivity index (χ2n) is 3.07. The minimum atomic E-state index is 0.531. The Kier molecular flexibility index (Phi) is 1.33. The molecule has 0 aliphatic carbocycles. The Bertz CT molecular complexity index is 562.